The lowest BCUT2D eigenvalue weighted by molar-refractivity contribution is -0.116. The lowest BCUT2D eigenvalue weighted by Gasteiger charge is -2.16. The van der Waals surface area contributed by atoms with Gasteiger partial charge >= 0.3 is 0 Å². The van der Waals surface area contributed by atoms with Gasteiger partial charge in [0.2, 0.25) is 21.1 Å². The summed E-state index contributed by atoms with van der Waals surface area (Å²) >= 11 is 2.78. The summed E-state index contributed by atoms with van der Waals surface area (Å²) in [6, 6.07) is 17.9. The van der Waals surface area contributed by atoms with Crippen molar-refractivity contribution in [1.29, 1.82) is 0 Å². The number of benzene rings is 2. The van der Waals surface area contributed by atoms with Crippen molar-refractivity contribution in [2.45, 2.75) is 15.0 Å². The third-order valence-corrected chi connectivity index (χ3v) is 7.54. The molecular weight excluding hydrogens is 416 g/mol. The number of anilines is 1. The minimum atomic E-state index is -3.72. The lowest BCUT2D eigenvalue weighted by Crippen LogP contribution is -2.34. The van der Waals surface area contributed by atoms with E-state index in [1.807, 2.05) is 30.3 Å². The van der Waals surface area contributed by atoms with Gasteiger partial charge in [-0.2, -0.15) is 4.31 Å². The van der Waals surface area contributed by atoms with Crippen LogP contribution in [0.2, 0.25) is 0 Å². The highest BCUT2D eigenvalue weighted by atomic mass is 32.2. The predicted molar refractivity (Wildman–Crippen MR) is 111 cm³/mol. The Labute approximate surface area is 171 Å². The van der Waals surface area contributed by atoms with Crippen LogP contribution in [0.5, 0.6) is 0 Å². The number of thioether (sulfide) groups is 1. The third kappa shape index (κ3) is 5.38. The van der Waals surface area contributed by atoms with Crippen LogP contribution < -0.4 is 5.32 Å². The maximum Gasteiger partial charge on any atom is 0.243 e. The van der Waals surface area contributed by atoms with Crippen LogP contribution in [-0.2, 0) is 20.6 Å². The second kappa shape index (κ2) is 9.28. The van der Waals surface area contributed by atoms with E-state index >= 15 is 0 Å². The fourth-order valence-corrected chi connectivity index (χ4v) is 5.13. The van der Waals surface area contributed by atoms with Crippen LogP contribution in [0.25, 0.3) is 0 Å². The summed E-state index contributed by atoms with van der Waals surface area (Å²) in [5, 5.41) is 10.9. The van der Waals surface area contributed by atoms with Crippen molar-refractivity contribution in [2.75, 3.05) is 18.9 Å². The number of sulfonamides is 1. The quantitative estimate of drug-likeness (QED) is 0.433. The molecule has 0 aliphatic heterocycles. The molecule has 0 radical (unpaired) electrons. The number of carbonyl (C=O) groups is 1. The first-order valence-electron chi connectivity index (χ1n) is 8.26. The highest BCUT2D eigenvalue weighted by Crippen LogP contribution is 2.28. The zero-order chi connectivity index (χ0) is 20.0. The first kappa shape index (κ1) is 20.5. The van der Waals surface area contributed by atoms with E-state index in [9.17, 15) is 13.2 Å². The van der Waals surface area contributed by atoms with Crippen molar-refractivity contribution in [1.82, 2.24) is 14.5 Å². The molecule has 2 aromatic carbocycles. The van der Waals surface area contributed by atoms with Crippen molar-refractivity contribution in [3.05, 3.63) is 66.2 Å². The average molecular weight is 435 g/mol. The van der Waals surface area contributed by atoms with E-state index in [1.165, 1.54) is 47.8 Å². The number of hydrogen-bond donors (Lipinski definition) is 1. The van der Waals surface area contributed by atoms with Gasteiger partial charge in [0.05, 0.1) is 11.4 Å². The zero-order valence-electron chi connectivity index (χ0n) is 15.0. The van der Waals surface area contributed by atoms with Crippen molar-refractivity contribution >= 4 is 44.2 Å². The molecule has 1 aromatic heterocycles. The molecule has 0 bridgehead atoms. The molecule has 0 aliphatic rings. The highest BCUT2D eigenvalue weighted by molar-refractivity contribution is 8.00. The van der Waals surface area contributed by atoms with Crippen molar-refractivity contribution in [3.8, 4) is 0 Å². The number of aromatic nitrogens is 2. The molecule has 146 valence electrons. The molecular formula is C18H18N4O3S3. The van der Waals surface area contributed by atoms with E-state index in [-0.39, 0.29) is 11.4 Å². The van der Waals surface area contributed by atoms with Gasteiger partial charge in [-0.05, 0) is 17.7 Å². The fourth-order valence-electron chi connectivity index (χ4n) is 2.26. The average Bonchev–Trinajstić information content (AvgIpc) is 3.15. The van der Waals surface area contributed by atoms with E-state index in [2.05, 4.69) is 15.5 Å². The molecule has 1 N–H and O–H groups in total. The Morgan fingerprint density at radius 3 is 2.39 bits per heavy atom. The van der Waals surface area contributed by atoms with Crippen LogP contribution in [0.3, 0.4) is 0 Å². The zero-order valence-corrected chi connectivity index (χ0v) is 17.4. The molecule has 1 amide bonds. The molecule has 0 spiro atoms. The molecule has 0 fully saturated rings. The molecule has 0 atom stereocenters. The monoisotopic (exact) mass is 434 g/mol. The van der Waals surface area contributed by atoms with Crippen LogP contribution in [0.15, 0.2) is 69.9 Å². The standard InChI is InChI=1S/C18H18N4O3S3/c1-22(28(24,25)15-10-6-3-7-11-15)12-16(23)19-17-20-21-18(27-17)26-13-14-8-4-2-5-9-14/h2-11H,12-13H2,1H3,(H,19,20,23). The molecule has 0 saturated carbocycles. The van der Waals surface area contributed by atoms with E-state index in [1.54, 1.807) is 18.2 Å². The van der Waals surface area contributed by atoms with Gasteiger partial charge in [-0.3, -0.25) is 10.1 Å². The highest BCUT2D eigenvalue weighted by Gasteiger charge is 2.23. The minimum Gasteiger partial charge on any atom is -0.299 e. The molecule has 3 rings (SSSR count). The van der Waals surface area contributed by atoms with E-state index in [0.29, 0.717) is 5.13 Å². The fraction of sp³-hybridized carbons (Fsp3) is 0.167. The Morgan fingerprint density at radius 2 is 1.71 bits per heavy atom. The van der Waals surface area contributed by atoms with Crippen molar-refractivity contribution < 1.29 is 13.2 Å². The van der Waals surface area contributed by atoms with E-state index < -0.39 is 15.9 Å². The van der Waals surface area contributed by atoms with Crippen molar-refractivity contribution in [2.24, 2.45) is 0 Å². The number of likely N-dealkylation sites (N-methyl/N-ethyl adjacent to an activating group) is 1. The lowest BCUT2D eigenvalue weighted by atomic mass is 10.2. The number of amides is 1. The molecule has 10 heteroatoms. The Bertz CT molecular complexity index is 1020. The largest absolute Gasteiger partial charge is 0.299 e. The van der Waals surface area contributed by atoms with Gasteiger partial charge in [-0.25, -0.2) is 8.42 Å². The molecule has 3 aromatic rings. The number of carbonyl (C=O) groups excluding carboxylic acids is 1. The van der Waals surface area contributed by atoms with Crippen LogP contribution in [0.4, 0.5) is 5.13 Å². The number of nitrogens with one attached hydrogen (secondary N) is 1. The van der Waals surface area contributed by atoms with Gasteiger partial charge in [0.1, 0.15) is 0 Å². The SMILES string of the molecule is CN(CC(=O)Nc1nnc(SCc2ccccc2)s1)S(=O)(=O)c1ccccc1. The first-order valence-corrected chi connectivity index (χ1v) is 11.5. The van der Waals surface area contributed by atoms with Gasteiger partial charge in [-0.15, -0.1) is 10.2 Å². The van der Waals surface area contributed by atoms with Crippen LogP contribution in [-0.4, -0.2) is 42.4 Å². The van der Waals surface area contributed by atoms with E-state index in [4.69, 9.17) is 0 Å². The Kier molecular flexibility index (Phi) is 6.79. The Morgan fingerprint density at radius 1 is 1.07 bits per heavy atom. The second-order valence-corrected chi connectivity index (χ2v) is 10.0. The Balaban J connectivity index is 1.54. The van der Waals surface area contributed by atoms with Gasteiger partial charge < -0.3 is 0 Å². The van der Waals surface area contributed by atoms with Gasteiger partial charge in [-0.1, -0.05) is 71.6 Å². The number of nitrogens with zero attached hydrogens (tertiary/aromatic N) is 3. The summed E-state index contributed by atoms with van der Waals surface area (Å²) in [5.41, 5.74) is 1.17. The normalized spacial score (nSPS) is 11.5. The Hall–Kier alpha value is -2.27. The molecule has 7 nitrogen and oxygen atoms in total. The molecule has 0 saturated heterocycles. The van der Waals surface area contributed by atoms with Gasteiger partial charge in [0.25, 0.3) is 0 Å². The first-order chi connectivity index (χ1) is 13.4. The molecule has 28 heavy (non-hydrogen) atoms. The summed E-state index contributed by atoms with van der Waals surface area (Å²) in [5.74, 6) is 0.277. The summed E-state index contributed by atoms with van der Waals surface area (Å²) in [4.78, 5) is 12.3. The van der Waals surface area contributed by atoms with Crippen molar-refractivity contribution in [3.63, 3.8) is 0 Å². The summed E-state index contributed by atoms with van der Waals surface area (Å²) in [7, 11) is -2.36. The second-order valence-electron chi connectivity index (χ2n) is 5.77. The van der Waals surface area contributed by atoms with Gasteiger partial charge in [0, 0.05) is 12.8 Å². The minimum absolute atomic E-state index is 0.140. The maximum atomic E-state index is 12.5. The smallest absolute Gasteiger partial charge is 0.243 e. The third-order valence-electron chi connectivity index (χ3n) is 3.68. The summed E-state index contributed by atoms with van der Waals surface area (Å²) in [6.07, 6.45) is 0. The van der Waals surface area contributed by atoms with Gasteiger partial charge in [0.15, 0.2) is 4.34 Å². The number of rotatable bonds is 8. The maximum absolute atomic E-state index is 12.5. The van der Waals surface area contributed by atoms with Crippen LogP contribution in [0, 0.1) is 0 Å². The summed E-state index contributed by atoms with van der Waals surface area (Å²) in [6.45, 7) is -0.316. The van der Waals surface area contributed by atoms with Crippen LogP contribution >= 0.6 is 23.1 Å². The van der Waals surface area contributed by atoms with Crippen LogP contribution in [0.1, 0.15) is 5.56 Å². The predicted octanol–water partition coefficient (Wildman–Crippen LogP) is 3.09. The van der Waals surface area contributed by atoms with E-state index in [0.717, 1.165) is 14.4 Å². The topological polar surface area (TPSA) is 92.3 Å². The molecule has 0 unspecified atom stereocenters. The molecule has 0 aliphatic carbocycles. The summed E-state index contributed by atoms with van der Waals surface area (Å²) < 4.78 is 26.7. The molecule has 1 heterocycles. The number of hydrogen-bond acceptors (Lipinski definition) is 7.